The predicted octanol–water partition coefficient (Wildman–Crippen LogP) is 3.11. The monoisotopic (exact) mass is 270 g/mol. The van der Waals surface area contributed by atoms with Gasteiger partial charge in [-0.1, -0.05) is 30.3 Å². The van der Waals surface area contributed by atoms with Crippen molar-refractivity contribution >= 4 is 5.78 Å². The highest BCUT2D eigenvalue weighted by molar-refractivity contribution is 6.03. The summed E-state index contributed by atoms with van der Waals surface area (Å²) in [4.78, 5) is 12.3. The molecule has 1 aliphatic heterocycles. The normalized spacial score (nSPS) is 17.2. The van der Waals surface area contributed by atoms with Gasteiger partial charge in [0.1, 0.15) is 17.4 Å². The summed E-state index contributed by atoms with van der Waals surface area (Å²) >= 11 is 0. The molecule has 0 spiro atoms. The lowest BCUT2D eigenvalue weighted by Gasteiger charge is -2.26. The van der Waals surface area contributed by atoms with Gasteiger partial charge in [0.05, 0.1) is 13.5 Å². The molecule has 0 saturated heterocycles. The zero-order valence-corrected chi connectivity index (χ0v) is 11.0. The molecule has 2 aromatic carbocycles. The Kier molecular flexibility index (Phi) is 3.06. The third kappa shape index (κ3) is 1.99. The van der Waals surface area contributed by atoms with Crippen molar-refractivity contribution < 1.29 is 19.4 Å². The van der Waals surface area contributed by atoms with E-state index in [1.807, 2.05) is 30.3 Å². The molecule has 0 radical (unpaired) electrons. The van der Waals surface area contributed by atoms with E-state index in [1.165, 1.54) is 13.2 Å². The van der Waals surface area contributed by atoms with Gasteiger partial charge in [0, 0.05) is 0 Å². The van der Waals surface area contributed by atoms with E-state index in [0.29, 0.717) is 11.3 Å². The molecule has 3 rings (SSSR count). The van der Waals surface area contributed by atoms with Crippen molar-refractivity contribution in [2.75, 3.05) is 7.11 Å². The Hall–Kier alpha value is -2.49. The topological polar surface area (TPSA) is 55.8 Å². The van der Waals surface area contributed by atoms with Crippen LogP contribution in [0.1, 0.15) is 28.4 Å². The standard InChI is InChI=1S/C16H14O4/c1-19-16-11(17)7-8-13-15(16)12(18)9-14(20-13)10-5-3-2-4-6-10/h2-8,14,17H,9H2,1H3. The number of methoxy groups -OCH3 is 1. The van der Waals surface area contributed by atoms with Gasteiger partial charge in [-0.2, -0.15) is 0 Å². The zero-order chi connectivity index (χ0) is 14.1. The Morgan fingerprint density at radius 2 is 1.95 bits per heavy atom. The Balaban J connectivity index is 2.03. The first-order valence-electron chi connectivity index (χ1n) is 6.35. The van der Waals surface area contributed by atoms with Gasteiger partial charge < -0.3 is 14.6 Å². The Morgan fingerprint density at radius 3 is 2.65 bits per heavy atom. The van der Waals surface area contributed by atoms with Gasteiger partial charge in [-0.3, -0.25) is 4.79 Å². The largest absolute Gasteiger partial charge is 0.504 e. The van der Waals surface area contributed by atoms with Gasteiger partial charge in [0.2, 0.25) is 0 Å². The van der Waals surface area contributed by atoms with Crippen LogP contribution in [0.15, 0.2) is 42.5 Å². The summed E-state index contributed by atoms with van der Waals surface area (Å²) in [7, 11) is 1.42. The third-order valence-electron chi connectivity index (χ3n) is 3.39. The average molecular weight is 270 g/mol. The van der Waals surface area contributed by atoms with Crippen molar-refractivity contribution in [1.82, 2.24) is 0 Å². The number of fused-ring (bicyclic) bond motifs is 1. The minimum atomic E-state index is -0.301. The lowest BCUT2D eigenvalue weighted by Crippen LogP contribution is -2.21. The van der Waals surface area contributed by atoms with Crippen LogP contribution in [0.5, 0.6) is 17.2 Å². The zero-order valence-electron chi connectivity index (χ0n) is 11.0. The molecule has 0 amide bonds. The predicted molar refractivity (Wildman–Crippen MR) is 73.4 cm³/mol. The maximum absolute atomic E-state index is 12.3. The number of hydrogen-bond donors (Lipinski definition) is 1. The van der Waals surface area contributed by atoms with Crippen LogP contribution in [-0.4, -0.2) is 18.0 Å². The summed E-state index contributed by atoms with van der Waals surface area (Å²) in [6.07, 6.45) is -0.0675. The third-order valence-corrected chi connectivity index (χ3v) is 3.39. The van der Waals surface area contributed by atoms with Crippen LogP contribution >= 0.6 is 0 Å². The van der Waals surface area contributed by atoms with Gasteiger partial charge in [0.15, 0.2) is 17.3 Å². The second-order valence-corrected chi connectivity index (χ2v) is 4.64. The molecule has 0 aliphatic carbocycles. The molecule has 1 heterocycles. The summed E-state index contributed by atoms with van der Waals surface area (Å²) in [5.41, 5.74) is 1.28. The lowest BCUT2D eigenvalue weighted by atomic mass is 9.95. The van der Waals surface area contributed by atoms with Crippen LogP contribution < -0.4 is 9.47 Å². The van der Waals surface area contributed by atoms with E-state index < -0.39 is 0 Å². The van der Waals surface area contributed by atoms with Crippen molar-refractivity contribution in [2.24, 2.45) is 0 Å². The highest BCUT2D eigenvalue weighted by Gasteiger charge is 2.31. The molecule has 1 atom stereocenters. The van der Waals surface area contributed by atoms with E-state index >= 15 is 0 Å². The first kappa shape index (κ1) is 12.5. The summed E-state index contributed by atoms with van der Waals surface area (Å²) < 4.78 is 11.0. The molecule has 1 unspecified atom stereocenters. The highest BCUT2D eigenvalue weighted by atomic mass is 16.5. The maximum atomic E-state index is 12.3. The van der Waals surface area contributed by atoms with Crippen molar-refractivity contribution in [3.8, 4) is 17.2 Å². The summed E-state index contributed by atoms with van der Waals surface area (Å²) in [6.45, 7) is 0. The van der Waals surface area contributed by atoms with Crippen molar-refractivity contribution in [3.63, 3.8) is 0 Å². The SMILES string of the molecule is COc1c(O)ccc2c1C(=O)CC(c1ccccc1)O2. The summed E-state index contributed by atoms with van der Waals surface area (Å²) in [5.74, 6) is 0.484. The number of carbonyl (C=O) groups excluding carboxylic acids is 1. The number of carbonyl (C=O) groups is 1. The van der Waals surface area contributed by atoms with Gasteiger partial charge in [-0.05, 0) is 17.7 Å². The van der Waals surface area contributed by atoms with E-state index in [4.69, 9.17) is 9.47 Å². The Bertz CT molecular complexity index is 649. The quantitative estimate of drug-likeness (QED) is 0.911. The average Bonchev–Trinajstić information content (AvgIpc) is 2.48. The second kappa shape index (κ2) is 4.89. The van der Waals surface area contributed by atoms with E-state index in [0.717, 1.165) is 5.56 Å². The summed E-state index contributed by atoms with van der Waals surface area (Å²) in [6, 6.07) is 12.7. The van der Waals surface area contributed by atoms with Crippen LogP contribution in [0.2, 0.25) is 0 Å². The number of ether oxygens (including phenoxy) is 2. The number of aromatic hydroxyl groups is 1. The van der Waals surface area contributed by atoms with Crippen molar-refractivity contribution in [1.29, 1.82) is 0 Å². The Labute approximate surface area is 116 Å². The molecule has 20 heavy (non-hydrogen) atoms. The molecule has 1 aliphatic rings. The number of Topliss-reactive ketones (excluding diaryl/α,β-unsaturated/α-hetero) is 1. The smallest absolute Gasteiger partial charge is 0.175 e. The molecule has 0 bridgehead atoms. The molecular formula is C16H14O4. The number of phenolic OH excluding ortho intramolecular Hbond substituents is 1. The molecule has 0 aromatic heterocycles. The van der Waals surface area contributed by atoms with E-state index in [2.05, 4.69) is 0 Å². The van der Waals surface area contributed by atoms with Gasteiger partial charge >= 0.3 is 0 Å². The fourth-order valence-electron chi connectivity index (χ4n) is 2.44. The number of benzene rings is 2. The van der Waals surface area contributed by atoms with Crippen LogP contribution in [-0.2, 0) is 0 Å². The van der Waals surface area contributed by atoms with Gasteiger partial charge in [-0.15, -0.1) is 0 Å². The highest BCUT2D eigenvalue weighted by Crippen LogP contribution is 2.43. The van der Waals surface area contributed by atoms with Crippen LogP contribution in [0.4, 0.5) is 0 Å². The maximum Gasteiger partial charge on any atom is 0.175 e. The molecule has 0 fully saturated rings. The molecule has 102 valence electrons. The number of rotatable bonds is 2. The minimum Gasteiger partial charge on any atom is -0.504 e. The molecule has 4 heteroatoms. The molecule has 4 nitrogen and oxygen atoms in total. The van der Waals surface area contributed by atoms with Crippen LogP contribution in [0.3, 0.4) is 0 Å². The molecule has 0 saturated carbocycles. The fraction of sp³-hybridized carbons (Fsp3) is 0.188. The molecule has 2 aromatic rings. The Morgan fingerprint density at radius 1 is 1.20 bits per heavy atom. The van der Waals surface area contributed by atoms with E-state index in [9.17, 15) is 9.90 Å². The number of hydrogen-bond acceptors (Lipinski definition) is 4. The van der Waals surface area contributed by atoms with E-state index in [-0.39, 0.29) is 29.8 Å². The van der Waals surface area contributed by atoms with Crippen molar-refractivity contribution in [2.45, 2.75) is 12.5 Å². The van der Waals surface area contributed by atoms with Crippen LogP contribution in [0.25, 0.3) is 0 Å². The van der Waals surface area contributed by atoms with Gasteiger partial charge in [0.25, 0.3) is 0 Å². The lowest BCUT2D eigenvalue weighted by molar-refractivity contribution is 0.0843. The molecular weight excluding hydrogens is 256 g/mol. The number of phenols is 1. The van der Waals surface area contributed by atoms with Crippen molar-refractivity contribution in [3.05, 3.63) is 53.6 Å². The van der Waals surface area contributed by atoms with Crippen LogP contribution in [0, 0.1) is 0 Å². The molecule has 1 N–H and O–H groups in total. The van der Waals surface area contributed by atoms with Gasteiger partial charge in [-0.25, -0.2) is 0 Å². The van der Waals surface area contributed by atoms with E-state index in [1.54, 1.807) is 6.07 Å². The number of ketones is 1. The fourth-order valence-corrected chi connectivity index (χ4v) is 2.44. The second-order valence-electron chi connectivity index (χ2n) is 4.64. The summed E-state index contributed by atoms with van der Waals surface area (Å²) in [5, 5.41) is 9.73. The minimum absolute atomic E-state index is 0.0543. The first-order chi connectivity index (χ1) is 9.70. The first-order valence-corrected chi connectivity index (χ1v) is 6.35.